The molecule has 1 unspecified atom stereocenters. The number of hydrogen-bond donors (Lipinski definition) is 4. The van der Waals surface area contributed by atoms with Crippen LogP contribution in [0.1, 0.15) is 162 Å². The van der Waals surface area contributed by atoms with Gasteiger partial charge in [-0.15, -0.1) is 0 Å². The Hall–Kier alpha value is -2.86. The molecule has 0 aliphatic rings. The molecular weight excluding hydrogens is 749 g/mol. The quantitative estimate of drug-likeness (QED) is 0.0151. The van der Waals surface area contributed by atoms with Crippen LogP contribution in [0.4, 0.5) is 0 Å². The maximum atomic E-state index is 12.6. The molecule has 0 aliphatic heterocycles. The van der Waals surface area contributed by atoms with Crippen molar-refractivity contribution in [1.82, 2.24) is 0 Å². The lowest BCUT2D eigenvalue weighted by molar-refractivity contribution is -0.161. The highest BCUT2D eigenvalue weighted by molar-refractivity contribution is 7.47. The van der Waals surface area contributed by atoms with Gasteiger partial charge in [-0.2, -0.15) is 0 Å². The number of carbonyl (C=O) groups excluding carboxylic acids is 2. The Labute approximate surface area is 343 Å². The van der Waals surface area contributed by atoms with Gasteiger partial charge < -0.3 is 30.3 Å². The first-order valence-corrected chi connectivity index (χ1v) is 22.9. The van der Waals surface area contributed by atoms with Gasteiger partial charge in [-0.05, 0) is 64.2 Å². The van der Waals surface area contributed by atoms with Gasteiger partial charge in [-0.25, -0.2) is 4.57 Å². The Morgan fingerprint density at radius 2 is 1.16 bits per heavy atom. The normalized spacial score (nSPS) is 14.9. The molecule has 0 aromatic heterocycles. The second-order valence-corrected chi connectivity index (χ2v) is 15.8. The van der Waals surface area contributed by atoms with E-state index in [0.29, 0.717) is 19.3 Å². The van der Waals surface area contributed by atoms with Crippen LogP contribution in [0.25, 0.3) is 0 Å². The van der Waals surface area contributed by atoms with Gasteiger partial charge in [0.1, 0.15) is 12.6 Å². The average Bonchev–Trinajstić information content (AvgIpc) is 3.18. The summed E-state index contributed by atoms with van der Waals surface area (Å²) in [6.45, 7) is 2.59. The minimum absolute atomic E-state index is 0.122. The topological polar surface area (TPSA) is 192 Å². The van der Waals surface area contributed by atoms with E-state index >= 15 is 0 Å². The number of unbranched alkanes of at least 4 members (excludes halogenated alkanes) is 14. The minimum Gasteiger partial charge on any atom is -0.480 e. The summed E-state index contributed by atoms with van der Waals surface area (Å²) in [4.78, 5) is 45.9. The van der Waals surface area contributed by atoms with Crippen molar-refractivity contribution >= 4 is 25.7 Å². The largest absolute Gasteiger partial charge is 0.480 e. The van der Waals surface area contributed by atoms with Crippen LogP contribution in [0.5, 0.6) is 0 Å². The molecule has 0 saturated heterocycles. The van der Waals surface area contributed by atoms with Gasteiger partial charge in [0.15, 0.2) is 6.10 Å². The molecule has 0 aromatic rings. The molecule has 5 N–H and O–H groups in total. The summed E-state index contributed by atoms with van der Waals surface area (Å²) in [5.41, 5.74) is 5.32. The molecule has 0 saturated carbocycles. The number of phosphoric acid groups is 1. The van der Waals surface area contributed by atoms with Gasteiger partial charge in [-0.3, -0.25) is 23.4 Å². The first-order chi connectivity index (χ1) is 27.5. The van der Waals surface area contributed by atoms with Gasteiger partial charge in [0, 0.05) is 12.8 Å². The summed E-state index contributed by atoms with van der Waals surface area (Å²) >= 11 is 0. The standard InChI is InChI=1S/C44H76NO11P/c1-3-5-7-8-9-10-11-12-13-14-17-21-24-27-31-35-43(48)56-40(37-54-57(51,52)55-38-41(45)44(49)50)36-53-42(47)34-30-26-23-20-18-15-16-19-22-25-29-33-39(46)32-28-6-4-2/h12-13,15-16,20,22-23,25,29,33,39-41,46H,3-11,14,17-19,21,24,26-28,30-32,34-38,45H2,1-2H3,(H,49,50)(H,51,52)/b13-12-,16-15-,23-20-,25-22-,33-29+/t39-,40-,41+/m1/s1. The zero-order valence-electron chi connectivity index (χ0n) is 35.0. The molecular formula is C44H76NO11P. The van der Waals surface area contributed by atoms with Gasteiger partial charge in [-0.1, -0.05) is 145 Å². The van der Waals surface area contributed by atoms with Crippen molar-refractivity contribution in [3.63, 3.8) is 0 Å². The van der Waals surface area contributed by atoms with E-state index in [-0.39, 0.29) is 12.8 Å². The molecule has 4 atom stereocenters. The van der Waals surface area contributed by atoms with Crippen molar-refractivity contribution in [2.45, 2.75) is 180 Å². The van der Waals surface area contributed by atoms with Crippen LogP contribution in [0.15, 0.2) is 60.8 Å². The van der Waals surface area contributed by atoms with Crippen LogP contribution in [-0.2, 0) is 37.5 Å². The number of allylic oxidation sites excluding steroid dienone is 9. The van der Waals surface area contributed by atoms with Crippen molar-refractivity contribution in [3.8, 4) is 0 Å². The maximum absolute atomic E-state index is 12.6. The van der Waals surface area contributed by atoms with Gasteiger partial charge in [0.25, 0.3) is 0 Å². The molecule has 57 heavy (non-hydrogen) atoms. The van der Waals surface area contributed by atoms with Crippen molar-refractivity contribution in [2.75, 3.05) is 19.8 Å². The highest BCUT2D eigenvalue weighted by Crippen LogP contribution is 2.43. The Kier molecular flexibility index (Phi) is 36.7. The first-order valence-electron chi connectivity index (χ1n) is 21.4. The Balaban J connectivity index is 4.53. The molecule has 0 amide bonds. The SMILES string of the molecule is CCCCCCCC/C=C\CCCCCCCC(=O)O[C@H](COC(=O)CCC/C=C\C/C=C\C/C=C\C=C\[C@H](O)CCCCC)COP(=O)(O)OC[C@H](N)C(=O)O. The van der Waals surface area contributed by atoms with E-state index in [4.69, 9.17) is 24.8 Å². The second-order valence-electron chi connectivity index (χ2n) is 14.3. The molecule has 13 heteroatoms. The maximum Gasteiger partial charge on any atom is 0.472 e. The Morgan fingerprint density at radius 1 is 0.632 bits per heavy atom. The number of carboxylic acids is 1. The summed E-state index contributed by atoms with van der Waals surface area (Å²) < 4.78 is 32.6. The Morgan fingerprint density at radius 3 is 1.82 bits per heavy atom. The molecule has 0 aromatic carbocycles. The van der Waals surface area contributed by atoms with E-state index in [9.17, 15) is 28.9 Å². The minimum atomic E-state index is -4.74. The lowest BCUT2D eigenvalue weighted by Crippen LogP contribution is -2.34. The number of esters is 2. The van der Waals surface area contributed by atoms with E-state index in [1.807, 2.05) is 36.5 Å². The van der Waals surface area contributed by atoms with Gasteiger partial charge in [0.05, 0.1) is 19.3 Å². The monoisotopic (exact) mass is 826 g/mol. The number of phosphoric ester groups is 1. The molecule has 0 fully saturated rings. The number of ether oxygens (including phenoxy) is 2. The van der Waals surface area contributed by atoms with Gasteiger partial charge in [0.2, 0.25) is 0 Å². The number of aliphatic hydroxyl groups excluding tert-OH is 1. The van der Waals surface area contributed by atoms with Crippen LogP contribution in [0.3, 0.4) is 0 Å². The molecule has 0 heterocycles. The molecule has 0 spiro atoms. The first kappa shape index (κ1) is 54.1. The molecule has 328 valence electrons. The number of aliphatic carboxylic acids is 1. The van der Waals surface area contributed by atoms with Crippen LogP contribution in [0, 0.1) is 0 Å². The lowest BCUT2D eigenvalue weighted by atomic mass is 10.1. The van der Waals surface area contributed by atoms with Crippen molar-refractivity contribution in [2.24, 2.45) is 5.73 Å². The fraction of sp³-hybridized carbons (Fsp3) is 0.705. The van der Waals surface area contributed by atoms with Crippen LogP contribution < -0.4 is 5.73 Å². The average molecular weight is 826 g/mol. The number of hydrogen-bond acceptors (Lipinski definition) is 10. The fourth-order valence-corrected chi connectivity index (χ4v) is 6.17. The van der Waals surface area contributed by atoms with E-state index in [1.165, 1.54) is 38.5 Å². The lowest BCUT2D eigenvalue weighted by Gasteiger charge is -2.20. The highest BCUT2D eigenvalue weighted by Gasteiger charge is 2.28. The number of rotatable bonds is 39. The zero-order chi connectivity index (χ0) is 42.2. The molecule has 0 aliphatic carbocycles. The van der Waals surface area contributed by atoms with Crippen molar-refractivity contribution < 1.29 is 52.6 Å². The summed E-state index contributed by atoms with van der Waals surface area (Å²) in [6, 6.07) is -1.54. The van der Waals surface area contributed by atoms with Crippen LogP contribution in [0.2, 0.25) is 0 Å². The number of nitrogens with two attached hydrogens (primary N) is 1. The van der Waals surface area contributed by atoms with Crippen LogP contribution >= 0.6 is 7.82 Å². The van der Waals surface area contributed by atoms with E-state index in [2.05, 4.69) is 42.7 Å². The Bertz CT molecular complexity index is 1220. The van der Waals surface area contributed by atoms with E-state index in [0.717, 1.165) is 77.0 Å². The predicted octanol–water partition coefficient (Wildman–Crippen LogP) is 10.1. The highest BCUT2D eigenvalue weighted by atomic mass is 31.2. The number of carboxylic acid groups (broad SMARTS) is 1. The smallest absolute Gasteiger partial charge is 0.472 e. The predicted molar refractivity (Wildman–Crippen MR) is 227 cm³/mol. The van der Waals surface area contributed by atoms with E-state index in [1.54, 1.807) is 0 Å². The summed E-state index contributed by atoms with van der Waals surface area (Å²) in [5, 5.41) is 18.8. The molecule has 0 radical (unpaired) electrons. The second kappa shape index (κ2) is 38.6. The molecule has 0 bridgehead atoms. The third-order valence-corrected chi connectivity index (χ3v) is 9.79. The fourth-order valence-electron chi connectivity index (χ4n) is 5.40. The van der Waals surface area contributed by atoms with Crippen LogP contribution in [-0.4, -0.2) is 71.1 Å². The summed E-state index contributed by atoms with van der Waals surface area (Å²) in [7, 11) is -4.74. The summed E-state index contributed by atoms with van der Waals surface area (Å²) in [5.74, 6) is -2.50. The summed E-state index contributed by atoms with van der Waals surface area (Å²) in [6.07, 6.45) is 40.4. The van der Waals surface area contributed by atoms with Crippen molar-refractivity contribution in [3.05, 3.63) is 60.8 Å². The molecule has 12 nitrogen and oxygen atoms in total. The third-order valence-electron chi connectivity index (χ3n) is 8.84. The molecule has 0 rings (SSSR count). The van der Waals surface area contributed by atoms with Crippen molar-refractivity contribution in [1.29, 1.82) is 0 Å². The zero-order valence-corrected chi connectivity index (χ0v) is 35.9. The van der Waals surface area contributed by atoms with E-state index < -0.39 is 63.8 Å². The number of carbonyl (C=O) groups is 3. The number of aliphatic hydroxyl groups is 1. The van der Waals surface area contributed by atoms with Gasteiger partial charge >= 0.3 is 25.7 Å². The third kappa shape index (κ3) is 38.4.